The number of esters is 1. The summed E-state index contributed by atoms with van der Waals surface area (Å²) in [5, 5.41) is 6.82. The Morgan fingerprint density at radius 3 is 2.59 bits per heavy atom. The second-order valence-corrected chi connectivity index (χ2v) is 12.0. The molecule has 0 saturated heterocycles. The van der Waals surface area contributed by atoms with Crippen molar-refractivity contribution in [1.82, 2.24) is 14.3 Å². The number of hydrogen-bond donors (Lipinski definition) is 0. The Hall–Kier alpha value is -4.06. The van der Waals surface area contributed by atoms with Crippen molar-refractivity contribution in [2.75, 3.05) is 14.2 Å². The lowest BCUT2D eigenvalue weighted by Crippen LogP contribution is -2.39. The number of aromatic nitrogens is 3. The maximum Gasteiger partial charge on any atom is 0.338 e. The summed E-state index contributed by atoms with van der Waals surface area (Å²) in [6, 6.07) is 18.7. The molecule has 11 heteroatoms. The summed E-state index contributed by atoms with van der Waals surface area (Å²) in [4.78, 5) is 32.9. The van der Waals surface area contributed by atoms with Crippen molar-refractivity contribution in [1.29, 1.82) is 0 Å². The van der Waals surface area contributed by atoms with Crippen LogP contribution in [0.5, 0.6) is 5.75 Å². The van der Waals surface area contributed by atoms with Crippen LogP contribution in [0, 0.1) is 0 Å². The van der Waals surface area contributed by atoms with Crippen LogP contribution in [0.1, 0.15) is 23.4 Å². The predicted molar refractivity (Wildman–Crippen MR) is 163 cm³/mol. The molecule has 4 heterocycles. The van der Waals surface area contributed by atoms with E-state index >= 15 is 0 Å². The third kappa shape index (κ3) is 4.90. The summed E-state index contributed by atoms with van der Waals surface area (Å²) >= 11 is 6.34. The summed E-state index contributed by atoms with van der Waals surface area (Å²) in [5.74, 6) is 0.201. The normalized spacial score (nSPS) is 15.0. The average Bonchev–Trinajstić information content (AvgIpc) is 3.73. The van der Waals surface area contributed by atoms with Crippen molar-refractivity contribution in [3.63, 3.8) is 0 Å². The molecular weight excluding hydrogens is 624 g/mol. The molecule has 1 aliphatic rings. The van der Waals surface area contributed by atoms with E-state index < -0.39 is 12.0 Å². The molecule has 0 radical (unpaired) electrons. The lowest BCUT2D eigenvalue weighted by Gasteiger charge is -2.22. The molecule has 0 aliphatic carbocycles. The zero-order valence-corrected chi connectivity index (χ0v) is 25.4. The van der Waals surface area contributed by atoms with Crippen molar-refractivity contribution in [3.8, 4) is 22.7 Å². The van der Waals surface area contributed by atoms with Gasteiger partial charge in [0.1, 0.15) is 17.5 Å². The van der Waals surface area contributed by atoms with Crippen molar-refractivity contribution in [2.45, 2.75) is 13.0 Å². The van der Waals surface area contributed by atoms with Crippen LogP contribution in [0.4, 0.5) is 0 Å². The Morgan fingerprint density at radius 2 is 1.90 bits per heavy atom. The largest absolute Gasteiger partial charge is 0.496 e. The highest BCUT2D eigenvalue weighted by atomic mass is 79.9. The number of para-hydroxylation sites is 1. The molecule has 5 aromatic rings. The van der Waals surface area contributed by atoms with Gasteiger partial charge in [-0.15, -0.1) is 11.3 Å². The van der Waals surface area contributed by atoms with E-state index in [1.165, 1.54) is 29.8 Å². The first kappa shape index (κ1) is 27.1. The van der Waals surface area contributed by atoms with Crippen molar-refractivity contribution < 1.29 is 14.3 Å². The third-order valence-electron chi connectivity index (χ3n) is 6.71. The number of halogens is 1. The fourth-order valence-electron chi connectivity index (χ4n) is 4.79. The summed E-state index contributed by atoms with van der Waals surface area (Å²) in [6.07, 6.45) is 3.75. The van der Waals surface area contributed by atoms with Crippen LogP contribution >= 0.6 is 38.6 Å². The van der Waals surface area contributed by atoms with E-state index in [0.29, 0.717) is 32.0 Å². The van der Waals surface area contributed by atoms with Gasteiger partial charge >= 0.3 is 5.97 Å². The van der Waals surface area contributed by atoms with Gasteiger partial charge in [-0.2, -0.15) is 5.10 Å². The maximum atomic E-state index is 14.0. The van der Waals surface area contributed by atoms with E-state index in [0.717, 1.165) is 26.2 Å². The van der Waals surface area contributed by atoms with Gasteiger partial charge in [0, 0.05) is 22.2 Å². The average molecular weight is 648 g/mol. The van der Waals surface area contributed by atoms with E-state index in [2.05, 4.69) is 20.9 Å². The van der Waals surface area contributed by atoms with Crippen LogP contribution < -0.4 is 19.6 Å². The van der Waals surface area contributed by atoms with Gasteiger partial charge in [-0.25, -0.2) is 14.5 Å². The number of thiazole rings is 1. The Kier molecular flexibility index (Phi) is 7.33. The molecule has 41 heavy (non-hydrogen) atoms. The molecule has 3 aromatic heterocycles. The molecule has 6 rings (SSSR count). The number of benzene rings is 2. The number of carbonyl (C=O) groups is 1. The number of methoxy groups -OCH3 is 2. The first-order chi connectivity index (χ1) is 19.9. The Balaban J connectivity index is 1.56. The van der Waals surface area contributed by atoms with Crippen LogP contribution in [-0.2, 0) is 9.53 Å². The number of rotatable bonds is 6. The standard InChI is InChI=1S/C30H23BrN4O4S2/c1-17-25(29(37)39-3)27(23-10-7-13-40-23)35-28(36)24(41-30(35)32-17)15-19-16-34(20-8-5-4-6-9-20)33-26(19)18-11-12-22(38-2)21(31)14-18/h4-16,27H,1-3H3/b24-15-/t27-/m0/s1. The van der Waals surface area contributed by atoms with E-state index in [-0.39, 0.29) is 5.56 Å². The third-order valence-corrected chi connectivity index (χ3v) is 9.24. The highest BCUT2D eigenvalue weighted by Crippen LogP contribution is 2.34. The van der Waals surface area contributed by atoms with Crippen LogP contribution in [0.2, 0.25) is 0 Å². The molecule has 0 amide bonds. The minimum absolute atomic E-state index is 0.240. The van der Waals surface area contributed by atoms with Crippen LogP contribution in [-0.4, -0.2) is 34.5 Å². The predicted octanol–water partition coefficient (Wildman–Crippen LogP) is 5.09. The molecule has 1 atom stereocenters. The smallest absolute Gasteiger partial charge is 0.338 e. The van der Waals surface area contributed by atoms with Gasteiger partial charge < -0.3 is 9.47 Å². The quantitative estimate of drug-likeness (QED) is 0.240. The Bertz CT molecular complexity index is 1990. The van der Waals surface area contributed by atoms with E-state index in [9.17, 15) is 9.59 Å². The lowest BCUT2D eigenvalue weighted by atomic mass is 10.0. The first-order valence-corrected chi connectivity index (χ1v) is 15.0. The fourth-order valence-corrected chi connectivity index (χ4v) is 7.20. The van der Waals surface area contributed by atoms with E-state index in [1.54, 1.807) is 23.3 Å². The number of fused-ring (bicyclic) bond motifs is 1. The zero-order valence-electron chi connectivity index (χ0n) is 22.2. The van der Waals surface area contributed by atoms with Crippen molar-refractivity contribution in [2.24, 2.45) is 4.99 Å². The second kappa shape index (κ2) is 11.1. The highest BCUT2D eigenvalue weighted by molar-refractivity contribution is 9.10. The highest BCUT2D eigenvalue weighted by Gasteiger charge is 2.33. The first-order valence-electron chi connectivity index (χ1n) is 12.5. The van der Waals surface area contributed by atoms with Crippen LogP contribution in [0.25, 0.3) is 23.0 Å². The molecule has 0 N–H and O–H groups in total. The molecule has 2 aromatic carbocycles. The van der Waals surface area contributed by atoms with E-state index in [1.807, 2.05) is 78.3 Å². The van der Waals surface area contributed by atoms with Crippen molar-refractivity contribution in [3.05, 3.63) is 118 Å². The summed E-state index contributed by atoms with van der Waals surface area (Å²) < 4.78 is 15.2. The zero-order chi connectivity index (χ0) is 28.7. The summed E-state index contributed by atoms with van der Waals surface area (Å²) in [7, 11) is 2.95. The minimum Gasteiger partial charge on any atom is -0.496 e. The van der Waals surface area contributed by atoms with Crippen LogP contribution in [0.3, 0.4) is 0 Å². The SMILES string of the molecule is COC(=O)C1=C(C)N=c2s/c(=C\c3cn(-c4ccccc4)nc3-c3ccc(OC)c(Br)c3)c(=O)n2[C@H]1c1cccs1. The molecule has 0 bridgehead atoms. The molecule has 8 nitrogen and oxygen atoms in total. The maximum absolute atomic E-state index is 14.0. The lowest BCUT2D eigenvalue weighted by molar-refractivity contribution is -0.136. The number of ether oxygens (including phenoxy) is 2. The van der Waals surface area contributed by atoms with E-state index in [4.69, 9.17) is 14.6 Å². The summed E-state index contributed by atoms with van der Waals surface area (Å²) in [5.41, 5.74) is 3.84. The number of allylic oxidation sites excluding steroid dienone is 1. The Morgan fingerprint density at radius 1 is 1.10 bits per heavy atom. The monoisotopic (exact) mass is 646 g/mol. The molecular formula is C30H23BrN4O4S2. The van der Waals surface area contributed by atoms with Crippen molar-refractivity contribution >= 4 is 50.6 Å². The van der Waals surface area contributed by atoms with Gasteiger partial charge in [-0.1, -0.05) is 35.6 Å². The molecule has 0 fully saturated rings. The molecule has 0 spiro atoms. The Labute approximate surface area is 251 Å². The number of nitrogens with zero attached hydrogens (tertiary/aromatic N) is 4. The van der Waals surface area contributed by atoms with Gasteiger partial charge in [0.15, 0.2) is 4.80 Å². The van der Waals surface area contributed by atoms with Gasteiger partial charge in [0.25, 0.3) is 5.56 Å². The molecule has 206 valence electrons. The van der Waals surface area contributed by atoms with Gasteiger partial charge in [-0.05, 0) is 70.7 Å². The number of hydrogen-bond acceptors (Lipinski definition) is 8. The van der Waals surface area contributed by atoms with Gasteiger partial charge in [0.2, 0.25) is 0 Å². The minimum atomic E-state index is -0.620. The topological polar surface area (TPSA) is 87.7 Å². The van der Waals surface area contributed by atoms with Gasteiger partial charge in [0.05, 0.1) is 40.2 Å². The van der Waals surface area contributed by atoms with Gasteiger partial charge in [-0.3, -0.25) is 9.36 Å². The fraction of sp³-hybridized carbons (Fsp3) is 0.133. The summed E-state index contributed by atoms with van der Waals surface area (Å²) in [6.45, 7) is 1.77. The van der Waals surface area contributed by atoms with Crippen LogP contribution in [0.15, 0.2) is 97.8 Å². The number of thiophene rings is 1. The second-order valence-electron chi connectivity index (χ2n) is 9.15. The molecule has 1 aliphatic heterocycles. The molecule has 0 unspecified atom stereocenters. The molecule has 0 saturated carbocycles. The number of carbonyl (C=O) groups excluding carboxylic acids is 1.